The lowest BCUT2D eigenvalue weighted by Crippen LogP contribution is -2.43. The van der Waals surface area contributed by atoms with Crippen LogP contribution < -0.4 is 0 Å². The number of ether oxygens (including phenoxy) is 4. The summed E-state index contributed by atoms with van der Waals surface area (Å²) in [5.74, 6) is 0.307. The van der Waals surface area contributed by atoms with Gasteiger partial charge in [0.25, 0.3) is 0 Å². The molecule has 1 aromatic rings. The molecule has 0 amide bonds. The summed E-state index contributed by atoms with van der Waals surface area (Å²) in [5, 5.41) is 0. The summed E-state index contributed by atoms with van der Waals surface area (Å²) in [7, 11) is 0. The van der Waals surface area contributed by atoms with E-state index in [0.717, 1.165) is 70.5 Å². The number of rotatable bonds is 2. The third-order valence-corrected chi connectivity index (χ3v) is 6.92. The zero-order chi connectivity index (χ0) is 19.1. The molecule has 3 unspecified atom stereocenters. The number of nitrogens with zero attached hydrogens (tertiary/aromatic N) is 1. The summed E-state index contributed by atoms with van der Waals surface area (Å²) in [6, 6.07) is 0. The van der Waals surface area contributed by atoms with E-state index in [0.29, 0.717) is 12.5 Å². The van der Waals surface area contributed by atoms with Crippen LogP contribution in [0.4, 0.5) is 0 Å². The second-order valence-corrected chi connectivity index (χ2v) is 8.61. The first kappa shape index (κ1) is 18.5. The van der Waals surface area contributed by atoms with Gasteiger partial charge in [0.15, 0.2) is 0 Å². The molecule has 3 aliphatic heterocycles. The van der Waals surface area contributed by atoms with Crippen molar-refractivity contribution >= 4 is 5.97 Å². The van der Waals surface area contributed by atoms with E-state index < -0.39 is 0 Å². The van der Waals surface area contributed by atoms with Gasteiger partial charge in [-0.1, -0.05) is 0 Å². The Morgan fingerprint density at radius 2 is 2.11 bits per heavy atom. The SMILES string of the molecule is CC(=O)OC1CCCc2c1ncc1c2C2(CCOC(C3CCOCC3)C2)OC1. The van der Waals surface area contributed by atoms with E-state index in [1.54, 1.807) is 0 Å². The molecule has 0 N–H and O–H groups in total. The second-order valence-electron chi connectivity index (χ2n) is 8.61. The summed E-state index contributed by atoms with van der Waals surface area (Å²) in [5.41, 5.74) is 4.46. The Morgan fingerprint density at radius 1 is 1.25 bits per heavy atom. The minimum atomic E-state index is -0.276. The Bertz CT molecular complexity index is 756. The Balaban J connectivity index is 1.49. The zero-order valence-corrected chi connectivity index (χ0v) is 16.6. The first-order chi connectivity index (χ1) is 13.7. The number of hydrogen-bond donors (Lipinski definition) is 0. The van der Waals surface area contributed by atoms with Gasteiger partial charge in [0.05, 0.1) is 30.6 Å². The molecule has 2 fully saturated rings. The van der Waals surface area contributed by atoms with Crippen LogP contribution in [0, 0.1) is 5.92 Å². The molecule has 152 valence electrons. The predicted octanol–water partition coefficient (Wildman–Crippen LogP) is 3.35. The average molecular weight is 387 g/mol. The van der Waals surface area contributed by atoms with Crippen LogP contribution in [0.25, 0.3) is 0 Å². The van der Waals surface area contributed by atoms with E-state index in [1.165, 1.54) is 23.6 Å². The van der Waals surface area contributed by atoms with Crippen molar-refractivity contribution in [2.75, 3.05) is 19.8 Å². The molecule has 1 spiro atoms. The number of aromatic nitrogens is 1. The van der Waals surface area contributed by atoms with Crippen LogP contribution in [0.2, 0.25) is 0 Å². The van der Waals surface area contributed by atoms with Crippen molar-refractivity contribution in [3.63, 3.8) is 0 Å². The van der Waals surface area contributed by atoms with Crippen LogP contribution in [0.3, 0.4) is 0 Å². The fraction of sp³-hybridized carbons (Fsp3) is 0.727. The van der Waals surface area contributed by atoms with Gasteiger partial charge in [-0.25, -0.2) is 0 Å². The highest BCUT2D eigenvalue weighted by Crippen LogP contribution is 2.50. The van der Waals surface area contributed by atoms with Crippen molar-refractivity contribution in [2.24, 2.45) is 5.92 Å². The quantitative estimate of drug-likeness (QED) is 0.725. The van der Waals surface area contributed by atoms with Crippen molar-refractivity contribution in [1.82, 2.24) is 4.98 Å². The first-order valence-electron chi connectivity index (χ1n) is 10.7. The minimum Gasteiger partial charge on any atom is -0.456 e. The van der Waals surface area contributed by atoms with E-state index >= 15 is 0 Å². The van der Waals surface area contributed by atoms with Crippen LogP contribution in [-0.2, 0) is 42.4 Å². The van der Waals surface area contributed by atoms with Crippen molar-refractivity contribution in [3.8, 4) is 0 Å². The van der Waals surface area contributed by atoms with E-state index in [-0.39, 0.29) is 23.8 Å². The molecule has 6 heteroatoms. The van der Waals surface area contributed by atoms with Gasteiger partial charge in [0.2, 0.25) is 0 Å². The molecule has 3 atom stereocenters. The molecule has 4 heterocycles. The fourth-order valence-corrected chi connectivity index (χ4v) is 5.63. The summed E-state index contributed by atoms with van der Waals surface area (Å²) in [4.78, 5) is 16.3. The molecule has 5 rings (SSSR count). The number of carbonyl (C=O) groups excluding carboxylic acids is 1. The Labute approximate surface area is 165 Å². The van der Waals surface area contributed by atoms with Crippen LogP contribution in [0.1, 0.15) is 73.9 Å². The predicted molar refractivity (Wildman–Crippen MR) is 101 cm³/mol. The van der Waals surface area contributed by atoms with Gasteiger partial charge in [-0.2, -0.15) is 0 Å². The highest BCUT2D eigenvalue weighted by molar-refractivity contribution is 5.66. The van der Waals surface area contributed by atoms with Gasteiger partial charge in [-0.05, 0) is 49.1 Å². The molecule has 1 aromatic heterocycles. The molecule has 0 radical (unpaired) electrons. The van der Waals surface area contributed by atoms with E-state index in [1.807, 2.05) is 6.20 Å². The molecular weight excluding hydrogens is 358 g/mol. The summed E-state index contributed by atoms with van der Waals surface area (Å²) >= 11 is 0. The molecule has 6 nitrogen and oxygen atoms in total. The van der Waals surface area contributed by atoms with Crippen molar-refractivity contribution in [3.05, 3.63) is 28.6 Å². The first-order valence-corrected chi connectivity index (χ1v) is 10.7. The number of fused-ring (bicyclic) bond motifs is 4. The lowest BCUT2D eigenvalue weighted by atomic mass is 9.75. The molecule has 1 aliphatic carbocycles. The minimum absolute atomic E-state index is 0.222. The molecule has 0 aromatic carbocycles. The number of carbonyl (C=O) groups is 1. The summed E-state index contributed by atoms with van der Waals surface area (Å²) < 4.78 is 23.8. The lowest BCUT2D eigenvalue weighted by Gasteiger charge is -2.43. The fourth-order valence-electron chi connectivity index (χ4n) is 5.63. The Morgan fingerprint density at radius 3 is 2.93 bits per heavy atom. The summed E-state index contributed by atoms with van der Waals surface area (Å²) in [6.45, 7) is 4.49. The third kappa shape index (κ3) is 3.15. The third-order valence-electron chi connectivity index (χ3n) is 6.92. The monoisotopic (exact) mass is 387 g/mol. The Kier molecular flexibility index (Phi) is 4.89. The molecule has 0 bridgehead atoms. The summed E-state index contributed by atoms with van der Waals surface area (Å²) in [6.07, 6.45) is 8.71. The standard InChI is InChI=1S/C22H29NO5/c1-14(24)28-18-4-2-3-17-20-16(12-23-21(17)18)13-27-22(20)7-10-26-19(11-22)15-5-8-25-9-6-15/h12,15,18-19H,2-11,13H2,1H3. The maximum atomic E-state index is 11.6. The normalized spacial score (nSPS) is 32.8. The van der Waals surface area contributed by atoms with Gasteiger partial charge < -0.3 is 18.9 Å². The second kappa shape index (κ2) is 7.39. The van der Waals surface area contributed by atoms with Crippen LogP contribution in [0.5, 0.6) is 0 Å². The maximum absolute atomic E-state index is 11.6. The highest BCUT2D eigenvalue weighted by Gasteiger charge is 2.48. The van der Waals surface area contributed by atoms with E-state index in [2.05, 4.69) is 0 Å². The topological polar surface area (TPSA) is 66.9 Å². The van der Waals surface area contributed by atoms with Crippen molar-refractivity contribution < 1.29 is 23.7 Å². The number of pyridine rings is 1. The van der Waals surface area contributed by atoms with Gasteiger partial charge in [-0.15, -0.1) is 0 Å². The number of hydrogen-bond acceptors (Lipinski definition) is 6. The van der Waals surface area contributed by atoms with Gasteiger partial charge in [0.1, 0.15) is 6.10 Å². The maximum Gasteiger partial charge on any atom is 0.303 e. The Hall–Kier alpha value is -1.50. The largest absolute Gasteiger partial charge is 0.456 e. The molecule has 4 aliphatic rings. The van der Waals surface area contributed by atoms with Crippen LogP contribution >= 0.6 is 0 Å². The van der Waals surface area contributed by atoms with Gasteiger partial charge in [-0.3, -0.25) is 9.78 Å². The smallest absolute Gasteiger partial charge is 0.303 e. The van der Waals surface area contributed by atoms with E-state index in [4.69, 9.17) is 23.9 Å². The lowest BCUT2D eigenvalue weighted by molar-refractivity contribution is -0.157. The molecule has 28 heavy (non-hydrogen) atoms. The van der Waals surface area contributed by atoms with Gasteiger partial charge in [0, 0.05) is 44.7 Å². The van der Waals surface area contributed by atoms with Gasteiger partial charge >= 0.3 is 5.97 Å². The molecule has 0 saturated carbocycles. The van der Waals surface area contributed by atoms with Crippen molar-refractivity contribution in [2.45, 2.75) is 76.3 Å². The zero-order valence-electron chi connectivity index (χ0n) is 16.6. The number of esters is 1. The van der Waals surface area contributed by atoms with Crippen LogP contribution in [0.15, 0.2) is 6.20 Å². The van der Waals surface area contributed by atoms with E-state index in [9.17, 15) is 4.79 Å². The highest BCUT2D eigenvalue weighted by atomic mass is 16.5. The van der Waals surface area contributed by atoms with Crippen LogP contribution in [-0.4, -0.2) is 36.9 Å². The van der Waals surface area contributed by atoms with Crippen molar-refractivity contribution in [1.29, 1.82) is 0 Å². The average Bonchev–Trinajstić information content (AvgIpc) is 3.07. The molecule has 2 saturated heterocycles. The molecular formula is C22H29NO5.